The van der Waals surface area contributed by atoms with Gasteiger partial charge in [0.25, 0.3) is 0 Å². The van der Waals surface area contributed by atoms with Crippen molar-refractivity contribution in [2.24, 2.45) is 5.92 Å². The first kappa shape index (κ1) is 14.1. The summed E-state index contributed by atoms with van der Waals surface area (Å²) in [7, 11) is 0. The van der Waals surface area contributed by atoms with E-state index in [1.54, 1.807) is 18.3 Å². The number of aromatic nitrogens is 2. The van der Waals surface area contributed by atoms with Gasteiger partial charge >= 0.3 is 0 Å². The van der Waals surface area contributed by atoms with E-state index in [1.165, 1.54) is 28.6 Å². The zero-order valence-electron chi connectivity index (χ0n) is 11.7. The van der Waals surface area contributed by atoms with Gasteiger partial charge in [0.15, 0.2) is 5.16 Å². The molecule has 20 heavy (non-hydrogen) atoms. The maximum absolute atomic E-state index is 9.35. The molecule has 1 aliphatic carbocycles. The fourth-order valence-corrected chi connectivity index (χ4v) is 4.77. The lowest BCUT2D eigenvalue weighted by molar-refractivity contribution is 0.220. The zero-order chi connectivity index (χ0) is 14.3. The molecule has 0 unspecified atom stereocenters. The molecule has 0 aromatic carbocycles. The van der Waals surface area contributed by atoms with Crippen LogP contribution in [0, 0.1) is 5.92 Å². The fraction of sp³-hybridized carbons (Fsp3) is 0.571. The first-order valence-corrected chi connectivity index (χ1v) is 8.73. The summed E-state index contributed by atoms with van der Waals surface area (Å²) in [5.74, 6) is 1.93. The lowest BCUT2D eigenvalue weighted by Gasteiger charge is -2.17. The molecule has 0 fully saturated rings. The molecule has 108 valence electrons. The topological polar surface area (TPSA) is 72.0 Å². The minimum absolute atomic E-state index is 0.363. The smallest absolute Gasteiger partial charge is 0.190 e. The summed E-state index contributed by atoms with van der Waals surface area (Å²) in [4.78, 5) is 11.4. The van der Waals surface area contributed by atoms with Gasteiger partial charge in [0.05, 0.1) is 11.5 Å². The van der Waals surface area contributed by atoms with Crippen LogP contribution in [0.1, 0.15) is 30.7 Å². The number of hydrogen-bond acceptors (Lipinski definition) is 6. The molecule has 4 nitrogen and oxygen atoms in total. The van der Waals surface area contributed by atoms with Gasteiger partial charge in [-0.1, -0.05) is 18.7 Å². The van der Waals surface area contributed by atoms with Crippen molar-refractivity contribution in [3.05, 3.63) is 10.4 Å². The second kappa shape index (κ2) is 5.50. The Bertz CT molecular complexity index is 639. The molecule has 2 heterocycles. The minimum Gasteiger partial charge on any atom is -0.393 e. The largest absolute Gasteiger partial charge is 0.393 e. The number of fused-ring (bicyclic) bond motifs is 3. The minimum atomic E-state index is -0.363. The number of thiophene rings is 1. The summed E-state index contributed by atoms with van der Waals surface area (Å²) < 4.78 is 0. The van der Waals surface area contributed by atoms with Crippen molar-refractivity contribution < 1.29 is 5.11 Å². The maximum Gasteiger partial charge on any atom is 0.190 e. The molecule has 0 amide bonds. The lowest BCUT2D eigenvalue weighted by Crippen LogP contribution is -2.09. The Morgan fingerprint density at radius 1 is 1.50 bits per heavy atom. The van der Waals surface area contributed by atoms with Gasteiger partial charge in [-0.05, 0) is 37.7 Å². The molecule has 0 saturated heterocycles. The van der Waals surface area contributed by atoms with E-state index in [2.05, 4.69) is 16.9 Å². The van der Waals surface area contributed by atoms with E-state index >= 15 is 0 Å². The van der Waals surface area contributed by atoms with E-state index in [-0.39, 0.29) is 6.10 Å². The predicted octanol–water partition coefficient (Wildman–Crippen LogP) is 2.87. The molecule has 0 saturated carbocycles. The zero-order valence-corrected chi connectivity index (χ0v) is 13.4. The number of hydrogen-bond donors (Lipinski definition) is 2. The summed E-state index contributed by atoms with van der Waals surface area (Å²) in [6.07, 6.45) is 3.07. The molecular weight excluding hydrogens is 290 g/mol. The van der Waals surface area contributed by atoms with Crippen LogP contribution in [0.3, 0.4) is 0 Å². The van der Waals surface area contributed by atoms with Gasteiger partial charge in [-0.25, -0.2) is 9.97 Å². The molecule has 6 heteroatoms. The Kier molecular flexibility index (Phi) is 3.88. The number of anilines is 1. The molecule has 2 aromatic heterocycles. The standard InChI is InChI=1S/C14H19N3OS2/c1-7-3-4-9-10(5-7)20-13-11(9)12(15)16-14(17-13)19-6-8(2)18/h7-8,18H,3-6H2,1-2H3,(H2,15,16,17)/t7-,8-/m1/s1. The van der Waals surface area contributed by atoms with Crippen molar-refractivity contribution >= 4 is 39.1 Å². The van der Waals surface area contributed by atoms with Crippen molar-refractivity contribution in [3.63, 3.8) is 0 Å². The molecule has 0 radical (unpaired) electrons. The third-order valence-corrected chi connectivity index (χ3v) is 5.85. The predicted molar refractivity (Wildman–Crippen MR) is 85.4 cm³/mol. The van der Waals surface area contributed by atoms with Crippen LogP contribution < -0.4 is 5.73 Å². The average molecular weight is 309 g/mol. The fourth-order valence-electron chi connectivity index (χ4n) is 2.61. The van der Waals surface area contributed by atoms with Crippen LogP contribution in [0.25, 0.3) is 10.2 Å². The van der Waals surface area contributed by atoms with E-state index in [4.69, 9.17) is 5.73 Å². The number of aliphatic hydroxyl groups is 1. The molecule has 1 aliphatic rings. The van der Waals surface area contributed by atoms with Crippen molar-refractivity contribution in [2.45, 2.75) is 44.4 Å². The van der Waals surface area contributed by atoms with Crippen molar-refractivity contribution in [2.75, 3.05) is 11.5 Å². The Balaban J connectivity index is 2.00. The van der Waals surface area contributed by atoms with Crippen LogP contribution in [0.4, 0.5) is 5.82 Å². The number of rotatable bonds is 3. The molecular formula is C14H19N3OS2. The SMILES string of the molecule is C[C@@H]1CCc2c(sc3nc(SC[C@@H](C)O)nc(N)c23)C1. The number of thioether (sulfide) groups is 1. The summed E-state index contributed by atoms with van der Waals surface area (Å²) in [5, 5.41) is 11.1. The Labute approximate surface area is 126 Å². The molecule has 3 rings (SSSR count). The summed E-state index contributed by atoms with van der Waals surface area (Å²) >= 11 is 3.22. The Hall–Kier alpha value is -0.850. The molecule has 0 spiro atoms. The van der Waals surface area contributed by atoms with E-state index in [0.29, 0.717) is 16.7 Å². The van der Waals surface area contributed by atoms with Crippen LogP contribution >= 0.6 is 23.1 Å². The third-order valence-electron chi connectivity index (χ3n) is 3.62. The van der Waals surface area contributed by atoms with E-state index < -0.39 is 0 Å². The van der Waals surface area contributed by atoms with Crippen molar-refractivity contribution in [1.82, 2.24) is 9.97 Å². The van der Waals surface area contributed by atoms with Gasteiger partial charge in [-0.15, -0.1) is 11.3 Å². The highest BCUT2D eigenvalue weighted by molar-refractivity contribution is 7.99. The van der Waals surface area contributed by atoms with Crippen LogP contribution in [-0.2, 0) is 12.8 Å². The van der Waals surface area contributed by atoms with Crippen LogP contribution in [0.15, 0.2) is 5.16 Å². The number of aliphatic hydroxyl groups excluding tert-OH is 1. The second-order valence-electron chi connectivity index (χ2n) is 5.58. The highest BCUT2D eigenvalue weighted by atomic mass is 32.2. The van der Waals surface area contributed by atoms with Crippen LogP contribution in [-0.4, -0.2) is 26.9 Å². The second-order valence-corrected chi connectivity index (χ2v) is 7.65. The highest BCUT2D eigenvalue weighted by Crippen LogP contribution is 2.39. The Morgan fingerprint density at radius 2 is 2.30 bits per heavy atom. The van der Waals surface area contributed by atoms with E-state index in [0.717, 1.165) is 29.0 Å². The first-order valence-electron chi connectivity index (χ1n) is 6.93. The average Bonchev–Trinajstić information content (AvgIpc) is 2.73. The van der Waals surface area contributed by atoms with E-state index in [1.807, 2.05) is 0 Å². The van der Waals surface area contributed by atoms with Crippen molar-refractivity contribution in [3.8, 4) is 0 Å². The Morgan fingerprint density at radius 3 is 3.05 bits per heavy atom. The van der Waals surface area contributed by atoms with Crippen molar-refractivity contribution in [1.29, 1.82) is 0 Å². The van der Waals surface area contributed by atoms with Gasteiger partial charge in [0.2, 0.25) is 0 Å². The summed E-state index contributed by atoms with van der Waals surface area (Å²) in [6.45, 7) is 4.06. The van der Waals surface area contributed by atoms with Gasteiger partial charge in [-0.3, -0.25) is 0 Å². The first-order chi connectivity index (χ1) is 9.54. The van der Waals surface area contributed by atoms with E-state index in [9.17, 15) is 5.11 Å². The summed E-state index contributed by atoms with van der Waals surface area (Å²) in [5.41, 5.74) is 7.51. The number of aryl methyl sites for hydroxylation is 1. The number of nitrogen functional groups attached to an aromatic ring is 1. The monoisotopic (exact) mass is 309 g/mol. The van der Waals surface area contributed by atoms with Gasteiger partial charge in [0.1, 0.15) is 10.6 Å². The quantitative estimate of drug-likeness (QED) is 0.674. The molecule has 3 N–H and O–H groups in total. The van der Waals surface area contributed by atoms with Crippen LogP contribution in [0.5, 0.6) is 0 Å². The molecule has 0 bridgehead atoms. The lowest BCUT2D eigenvalue weighted by atomic mass is 9.89. The number of nitrogens with zero attached hydrogens (tertiary/aromatic N) is 2. The van der Waals surface area contributed by atoms with Gasteiger partial charge in [-0.2, -0.15) is 0 Å². The molecule has 2 aromatic rings. The molecule has 0 aliphatic heterocycles. The van der Waals surface area contributed by atoms with Crippen LogP contribution in [0.2, 0.25) is 0 Å². The number of nitrogens with two attached hydrogens (primary N) is 1. The maximum atomic E-state index is 9.35. The highest BCUT2D eigenvalue weighted by Gasteiger charge is 2.23. The summed E-state index contributed by atoms with van der Waals surface area (Å²) in [6, 6.07) is 0. The third kappa shape index (κ3) is 2.64. The van der Waals surface area contributed by atoms with Gasteiger partial charge in [0, 0.05) is 10.6 Å². The normalized spacial score (nSPS) is 20.1. The van der Waals surface area contributed by atoms with Gasteiger partial charge < -0.3 is 10.8 Å². The molecule has 2 atom stereocenters.